The lowest BCUT2D eigenvalue weighted by Crippen LogP contribution is -2.32. The van der Waals surface area contributed by atoms with Gasteiger partial charge in [0, 0.05) is 32.0 Å². The molecule has 0 fully saturated rings. The van der Waals surface area contributed by atoms with E-state index in [1.807, 2.05) is 11.8 Å². The fourth-order valence-corrected chi connectivity index (χ4v) is 9.76. The average molecular weight is 667 g/mol. The Morgan fingerprint density at radius 1 is 0.255 bits per heavy atom. The van der Waals surface area contributed by atoms with Crippen molar-refractivity contribution in [2.75, 3.05) is 0 Å². The van der Waals surface area contributed by atoms with Gasteiger partial charge in [-0.05, 0) is 65.6 Å². The lowest BCUT2D eigenvalue weighted by molar-refractivity contribution is 0.398. The minimum Gasteiger partial charge on any atom is -0.507 e. The molecule has 2 aromatic carbocycles. The Balaban J connectivity index is 3.74. The van der Waals surface area contributed by atoms with Crippen molar-refractivity contribution in [2.45, 2.75) is 219 Å². The summed E-state index contributed by atoms with van der Waals surface area (Å²) in [5.74, 6) is 0.903. The van der Waals surface area contributed by atoms with E-state index in [0.717, 1.165) is 22.3 Å². The van der Waals surface area contributed by atoms with Crippen LogP contribution in [0, 0.1) is 0 Å². The molecule has 2 rings (SSSR count). The van der Waals surface area contributed by atoms with Gasteiger partial charge in [-0.2, -0.15) is 0 Å². The molecule has 0 saturated carbocycles. The minimum absolute atomic E-state index is 0.251. The van der Waals surface area contributed by atoms with Crippen LogP contribution < -0.4 is 0 Å². The van der Waals surface area contributed by atoms with E-state index >= 15 is 0 Å². The third kappa shape index (κ3) is 8.24. The number of phenolic OH excluding ortho intramolecular Hbond substituents is 2. The van der Waals surface area contributed by atoms with E-state index in [9.17, 15) is 10.2 Å². The van der Waals surface area contributed by atoms with Crippen molar-refractivity contribution in [3.63, 3.8) is 0 Å². The molecule has 0 aliphatic rings. The molecule has 3 heteroatoms. The Morgan fingerprint density at radius 3 is 0.489 bits per heavy atom. The second-order valence-electron chi connectivity index (χ2n) is 22.5. The van der Waals surface area contributed by atoms with E-state index in [0.29, 0.717) is 11.5 Å². The van der Waals surface area contributed by atoms with Crippen LogP contribution in [0.1, 0.15) is 211 Å². The third-order valence-electron chi connectivity index (χ3n) is 9.06. The van der Waals surface area contributed by atoms with Crippen LogP contribution in [-0.2, 0) is 43.3 Å². The van der Waals surface area contributed by atoms with Gasteiger partial charge in [-0.25, -0.2) is 0 Å². The van der Waals surface area contributed by atoms with Crippen molar-refractivity contribution < 1.29 is 10.2 Å². The summed E-state index contributed by atoms with van der Waals surface area (Å²) in [4.78, 5) is 2.53. The lowest BCUT2D eigenvalue weighted by atomic mass is 9.66. The summed E-state index contributed by atoms with van der Waals surface area (Å²) < 4.78 is 0. The largest absolute Gasteiger partial charge is 0.507 e. The van der Waals surface area contributed by atoms with Crippen LogP contribution in [0.15, 0.2) is 9.79 Å². The first-order chi connectivity index (χ1) is 20.3. The van der Waals surface area contributed by atoms with Crippen LogP contribution in [-0.4, -0.2) is 10.2 Å². The first-order valence-corrected chi connectivity index (χ1v) is 18.7. The highest BCUT2D eigenvalue weighted by Crippen LogP contribution is 2.59. The van der Waals surface area contributed by atoms with E-state index in [1.54, 1.807) is 0 Å². The average Bonchev–Trinajstić information content (AvgIpc) is 2.73. The summed E-state index contributed by atoms with van der Waals surface area (Å²) in [6.07, 6.45) is 0. The van der Waals surface area contributed by atoms with Gasteiger partial charge in [0.25, 0.3) is 0 Å². The molecule has 47 heavy (non-hydrogen) atoms. The van der Waals surface area contributed by atoms with Crippen molar-refractivity contribution in [1.29, 1.82) is 0 Å². The molecule has 0 heterocycles. The molecule has 0 spiro atoms. The van der Waals surface area contributed by atoms with Crippen LogP contribution in [0.5, 0.6) is 11.5 Å². The summed E-state index contributed by atoms with van der Waals surface area (Å²) in [5.41, 5.74) is 6.94. The monoisotopic (exact) mass is 667 g/mol. The van der Waals surface area contributed by atoms with Gasteiger partial charge < -0.3 is 10.2 Å². The zero-order valence-electron chi connectivity index (χ0n) is 35.3. The zero-order valence-corrected chi connectivity index (χ0v) is 36.1. The highest BCUT2D eigenvalue weighted by molar-refractivity contribution is 7.99. The van der Waals surface area contributed by atoms with Gasteiger partial charge in [-0.3, -0.25) is 0 Å². The second kappa shape index (κ2) is 12.0. The summed E-state index contributed by atoms with van der Waals surface area (Å²) in [7, 11) is 0. The number of hydrogen-bond acceptors (Lipinski definition) is 3. The van der Waals surface area contributed by atoms with Crippen LogP contribution in [0.3, 0.4) is 0 Å². The molecule has 2 nitrogen and oxygen atoms in total. The van der Waals surface area contributed by atoms with Gasteiger partial charge >= 0.3 is 0 Å². The van der Waals surface area contributed by atoms with Crippen LogP contribution >= 0.6 is 11.8 Å². The molecule has 0 saturated heterocycles. The minimum atomic E-state index is -0.291. The Morgan fingerprint density at radius 2 is 0.383 bits per heavy atom. The van der Waals surface area contributed by atoms with E-state index in [2.05, 4.69) is 166 Å². The van der Waals surface area contributed by atoms with Gasteiger partial charge in [0.05, 0.1) is 0 Å². The Kier molecular flexibility index (Phi) is 10.6. The van der Waals surface area contributed by atoms with Crippen LogP contribution in [0.2, 0.25) is 0 Å². The van der Waals surface area contributed by atoms with E-state index in [4.69, 9.17) is 0 Å². The van der Waals surface area contributed by atoms with Gasteiger partial charge in [0.2, 0.25) is 0 Å². The molecule has 0 amide bonds. The Hall–Kier alpha value is -1.61. The summed E-state index contributed by atoms with van der Waals surface area (Å²) in [5, 5.41) is 25.0. The predicted molar refractivity (Wildman–Crippen MR) is 210 cm³/mol. The molecule has 0 aliphatic carbocycles. The number of aromatic hydroxyl groups is 2. The maximum Gasteiger partial charge on any atom is 0.123 e. The Labute approximate surface area is 296 Å². The molecular weight excluding hydrogens is 593 g/mol. The fraction of sp³-hybridized carbons (Fsp3) is 0.727. The van der Waals surface area contributed by atoms with Crippen LogP contribution in [0.4, 0.5) is 0 Å². The normalized spacial score (nSPS) is 14.6. The van der Waals surface area contributed by atoms with Crippen molar-refractivity contribution in [1.82, 2.24) is 0 Å². The van der Waals surface area contributed by atoms with Gasteiger partial charge in [-0.1, -0.05) is 178 Å². The smallest absolute Gasteiger partial charge is 0.123 e. The SMILES string of the molecule is CC(C)(C)c1c(O)c(C(C)(C)C)c(C(C)(C)C)c(Sc2c(C(C)(C)C)c(C(C)(C)C)c(O)c(C(C)(C)C)c2C(C)(C)C)c1C(C)(C)C. The molecule has 0 radical (unpaired) electrons. The first-order valence-electron chi connectivity index (χ1n) is 17.9. The van der Waals surface area contributed by atoms with Crippen molar-refractivity contribution in [3.8, 4) is 11.5 Å². The maximum absolute atomic E-state index is 12.5. The quantitative estimate of drug-likeness (QED) is 0.335. The molecule has 268 valence electrons. The first kappa shape index (κ1) is 41.6. The molecule has 0 aliphatic heterocycles. The standard InChI is InChI=1S/C44H74O2S/c1-37(2,3)25-29(41(13,14)15)35(30(42(16,17)18)26(33(25)45)38(4,5)6)47-36-31(43(19,20)21)27(39(7,8)9)34(46)28(40(10,11)12)32(36)44(22,23)24/h45-46H,1-24H3. The van der Waals surface area contributed by atoms with E-state index in [-0.39, 0.29) is 43.3 Å². The van der Waals surface area contributed by atoms with Gasteiger partial charge in [0.15, 0.2) is 0 Å². The lowest BCUT2D eigenvalue weighted by Gasteiger charge is -2.43. The molecule has 2 aromatic rings. The number of hydrogen-bond donors (Lipinski definition) is 2. The molecule has 0 unspecified atom stereocenters. The van der Waals surface area contributed by atoms with Crippen molar-refractivity contribution >= 4 is 11.8 Å². The number of rotatable bonds is 2. The van der Waals surface area contributed by atoms with E-state index < -0.39 is 0 Å². The van der Waals surface area contributed by atoms with Crippen molar-refractivity contribution in [3.05, 3.63) is 44.5 Å². The number of benzene rings is 2. The molecule has 0 bridgehead atoms. The molecular formula is C44H74O2S. The molecule has 0 aromatic heterocycles. The highest BCUT2D eigenvalue weighted by Gasteiger charge is 2.44. The summed E-state index contributed by atoms with van der Waals surface area (Å²) in [6.45, 7) is 54.5. The molecule has 2 N–H and O–H groups in total. The van der Waals surface area contributed by atoms with E-state index in [1.165, 1.54) is 32.0 Å². The third-order valence-corrected chi connectivity index (χ3v) is 10.3. The summed E-state index contributed by atoms with van der Waals surface area (Å²) >= 11 is 1.92. The predicted octanol–water partition coefficient (Wildman–Crippen LogP) is 13.6. The van der Waals surface area contributed by atoms with Gasteiger partial charge in [0.1, 0.15) is 11.5 Å². The molecule has 0 atom stereocenters. The van der Waals surface area contributed by atoms with Gasteiger partial charge in [-0.15, -0.1) is 0 Å². The number of phenols is 2. The van der Waals surface area contributed by atoms with Crippen LogP contribution in [0.25, 0.3) is 0 Å². The Bertz CT molecular complexity index is 1270. The fourth-order valence-electron chi connectivity index (χ4n) is 7.52. The zero-order chi connectivity index (χ0) is 37.6. The summed E-state index contributed by atoms with van der Waals surface area (Å²) in [6, 6.07) is 0. The topological polar surface area (TPSA) is 40.5 Å². The maximum atomic E-state index is 12.5. The highest BCUT2D eigenvalue weighted by atomic mass is 32.2. The van der Waals surface area contributed by atoms with Crippen molar-refractivity contribution in [2.24, 2.45) is 0 Å². The second-order valence-corrected chi connectivity index (χ2v) is 23.5.